The topological polar surface area (TPSA) is 97.2 Å². The molecule has 0 saturated carbocycles. The van der Waals surface area contributed by atoms with E-state index in [0.29, 0.717) is 31.0 Å². The van der Waals surface area contributed by atoms with Crippen LogP contribution in [-0.4, -0.2) is 35.2 Å². The number of rotatable bonds is 7. The van der Waals surface area contributed by atoms with Gasteiger partial charge in [0.15, 0.2) is 11.5 Å². The van der Waals surface area contributed by atoms with Gasteiger partial charge < -0.3 is 14.5 Å². The van der Waals surface area contributed by atoms with E-state index in [-0.39, 0.29) is 24.0 Å². The van der Waals surface area contributed by atoms with Crippen molar-refractivity contribution in [2.45, 2.75) is 19.8 Å². The van der Waals surface area contributed by atoms with Gasteiger partial charge in [0, 0.05) is 19.0 Å². The number of carbonyl (C=O) groups excluding carboxylic acids is 2. The molecule has 0 aliphatic heterocycles. The van der Waals surface area contributed by atoms with E-state index >= 15 is 0 Å². The third-order valence-electron chi connectivity index (χ3n) is 2.75. The summed E-state index contributed by atoms with van der Waals surface area (Å²) < 4.78 is 10.0. The molecule has 0 unspecified atom stereocenters. The highest BCUT2D eigenvalue weighted by Gasteiger charge is 2.12. The highest BCUT2D eigenvalue weighted by molar-refractivity contribution is 5.93. The normalized spacial score (nSPS) is 10.3. The number of H-pyrrole nitrogens is 1. The summed E-state index contributed by atoms with van der Waals surface area (Å²) in [5.74, 6) is 0.0587. The highest BCUT2D eigenvalue weighted by atomic mass is 16.5. The minimum atomic E-state index is -0.298. The molecule has 0 saturated heterocycles. The molecule has 0 radical (unpaired) electrons. The fraction of sp³-hybridized carbons (Fsp3) is 0.357. The van der Waals surface area contributed by atoms with E-state index < -0.39 is 0 Å². The van der Waals surface area contributed by atoms with Crippen molar-refractivity contribution in [2.24, 2.45) is 0 Å². The summed E-state index contributed by atoms with van der Waals surface area (Å²) in [4.78, 5) is 23.0. The number of ether oxygens (including phenoxy) is 1. The SMILES string of the molecule is CCOC(=O)CCCNC(=O)c1cc(-c2ccco2)[nH]n1. The van der Waals surface area contributed by atoms with Crippen LogP contribution in [0.5, 0.6) is 0 Å². The number of hydrogen-bond donors (Lipinski definition) is 2. The Morgan fingerprint density at radius 1 is 1.48 bits per heavy atom. The van der Waals surface area contributed by atoms with Crippen LogP contribution in [0.25, 0.3) is 11.5 Å². The first-order chi connectivity index (χ1) is 10.2. The average molecular weight is 291 g/mol. The van der Waals surface area contributed by atoms with Crippen molar-refractivity contribution in [3.63, 3.8) is 0 Å². The number of aromatic amines is 1. The van der Waals surface area contributed by atoms with Crippen molar-refractivity contribution in [1.29, 1.82) is 0 Å². The summed E-state index contributed by atoms with van der Waals surface area (Å²) in [6.07, 6.45) is 2.36. The predicted octanol–water partition coefficient (Wildman–Crippen LogP) is 1.74. The molecule has 2 heterocycles. The molecular weight excluding hydrogens is 274 g/mol. The molecule has 1 amide bonds. The maximum absolute atomic E-state index is 11.9. The molecule has 7 heteroatoms. The monoisotopic (exact) mass is 291 g/mol. The van der Waals surface area contributed by atoms with Crippen LogP contribution >= 0.6 is 0 Å². The molecule has 0 atom stereocenters. The van der Waals surface area contributed by atoms with Gasteiger partial charge in [-0.3, -0.25) is 14.7 Å². The number of hydrogen-bond acceptors (Lipinski definition) is 5. The average Bonchev–Trinajstić information content (AvgIpc) is 3.13. The van der Waals surface area contributed by atoms with Gasteiger partial charge in [0.2, 0.25) is 0 Å². The second-order valence-electron chi connectivity index (χ2n) is 4.31. The van der Waals surface area contributed by atoms with Crippen molar-refractivity contribution in [2.75, 3.05) is 13.2 Å². The lowest BCUT2D eigenvalue weighted by Gasteiger charge is -2.03. The third kappa shape index (κ3) is 4.20. The lowest BCUT2D eigenvalue weighted by Crippen LogP contribution is -2.25. The summed E-state index contributed by atoms with van der Waals surface area (Å²) in [5, 5.41) is 9.36. The highest BCUT2D eigenvalue weighted by Crippen LogP contribution is 2.17. The second-order valence-corrected chi connectivity index (χ2v) is 4.31. The van der Waals surface area contributed by atoms with Gasteiger partial charge in [-0.25, -0.2) is 0 Å². The zero-order valence-electron chi connectivity index (χ0n) is 11.7. The quantitative estimate of drug-likeness (QED) is 0.598. The fourth-order valence-electron chi connectivity index (χ4n) is 1.75. The standard InChI is InChI=1S/C14H17N3O4/c1-2-20-13(18)6-3-7-15-14(19)11-9-10(16-17-11)12-5-4-8-21-12/h4-5,8-9H,2-3,6-7H2,1H3,(H,15,19)(H,16,17). The first-order valence-corrected chi connectivity index (χ1v) is 6.73. The predicted molar refractivity (Wildman–Crippen MR) is 74.5 cm³/mol. The van der Waals surface area contributed by atoms with Crippen molar-refractivity contribution in [3.05, 3.63) is 30.2 Å². The van der Waals surface area contributed by atoms with Crippen LogP contribution in [-0.2, 0) is 9.53 Å². The van der Waals surface area contributed by atoms with Gasteiger partial charge in [-0.05, 0) is 25.5 Å². The van der Waals surface area contributed by atoms with Gasteiger partial charge in [-0.1, -0.05) is 0 Å². The van der Waals surface area contributed by atoms with E-state index in [9.17, 15) is 9.59 Å². The maximum atomic E-state index is 11.9. The number of nitrogens with one attached hydrogen (secondary N) is 2. The Morgan fingerprint density at radius 2 is 2.33 bits per heavy atom. The largest absolute Gasteiger partial charge is 0.466 e. The summed E-state index contributed by atoms with van der Waals surface area (Å²) in [6.45, 7) is 2.52. The first-order valence-electron chi connectivity index (χ1n) is 6.73. The molecule has 2 rings (SSSR count). The lowest BCUT2D eigenvalue weighted by molar-refractivity contribution is -0.143. The van der Waals surface area contributed by atoms with Crippen LogP contribution in [0.2, 0.25) is 0 Å². The van der Waals surface area contributed by atoms with Gasteiger partial charge >= 0.3 is 5.97 Å². The molecule has 0 aliphatic carbocycles. The number of furan rings is 1. The summed E-state index contributed by atoms with van der Waals surface area (Å²) in [5.41, 5.74) is 0.911. The molecule has 7 nitrogen and oxygen atoms in total. The van der Waals surface area contributed by atoms with E-state index in [1.54, 1.807) is 31.4 Å². The maximum Gasteiger partial charge on any atom is 0.305 e. The Morgan fingerprint density at radius 3 is 3.05 bits per heavy atom. The van der Waals surface area contributed by atoms with Gasteiger partial charge in [-0.2, -0.15) is 5.10 Å². The minimum absolute atomic E-state index is 0.258. The van der Waals surface area contributed by atoms with Crippen LogP contribution in [0.15, 0.2) is 28.9 Å². The molecule has 0 aromatic carbocycles. The molecule has 0 aliphatic rings. The number of carbonyl (C=O) groups is 2. The van der Waals surface area contributed by atoms with E-state index in [1.807, 2.05) is 0 Å². The molecule has 2 aromatic heterocycles. The van der Waals surface area contributed by atoms with Gasteiger partial charge in [0.05, 0.1) is 12.9 Å². The number of aromatic nitrogens is 2. The van der Waals surface area contributed by atoms with Crippen LogP contribution in [0.1, 0.15) is 30.3 Å². The number of esters is 1. The van der Waals surface area contributed by atoms with Crippen LogP contribution in [0.4, 0.5) is 0 Å². The smallest absolute Gasteiger partial charge is 0.305 e. The van der Waals surface area contributed by atoms with E-state index in [1.165, 1.54) is 0 Å². The summed E-state index contributed by atoms with van der Waals surface area (Å²) >= 11 is 0. The zero-order valence-corrected chi connectivity index (χ0v) is 11.7. The molecule has 112 valence electrons. The molecule has 0 spiro atoms. The zero-order chi connectivity index (χ0) is 15.1. The van der Waals surface area contributed by atoms with Crippen molar-refractivity contribution in [3.8, 4) is 11.5 Å². The Bertz CT molecular complexity index is 589. The van der Waals surface area contributed by atoms with Gasteiger partial charge in [0.25, 0.3) is 5.91 Å². The first kappa shape index (κ1) is 14.8. The third-order valence-corrected chi connectivity index (χ3v) is 2.75. The second kappa shape index (κ2) is 7.28. The van der Waals surface area contributed by atoms with E-state index in [4.69, 9.17) is 9.15 Å². The van der Waals surface area contributed by atoms with Crippen molar-refractivity contribution in [1.82, 2.24) is 15.5 Å². The molecule has 21 heavy (non-hydrogen) atoms. The molecule has 0 bridgehead atoms. The van der Waals surface area contributed by atoms with Crippen LogP contribution in [0.3, 0.4) is 0 Å². The Kier molecular flexibility index (Phi) is 5.14. The minimum Gasteiger partial charge on any atom is -0.466 e. The molecule has 2 aromatic rings. The van der Waals surface area contributed by atoms with Crippen molar-refractivity contribution >= 4 is 11.9 Å². The molecule has 0 fully saturated rings. The Balaban J connectivity index is 1.78. The number of nitrogens with zero attached hydrogens (tertiary/aromatic N) is 1. The number of amides is 1. The molecular formula is C14H17N3O4. The lowest BCUT2D eigenvalue weighted by atomic mass is 10.3. The van der Waals surface area contributed by atoms with Crippen LogP contribution < -0.4 is 5.32 Å². The van der Waals surface area contributed by atoms with Crippen molar-refractivity contribution < 1.29 is 18.7 Å². The fourth-order valence-corrected chi connectivity index (χ4v) is 1.75. The van der Waals surface area contributed by atoms with Gasteiger partial charge in [-0.15, -0.1) is 0 Å². The van der Waals surface area contributed by atoms with Gasteiger partial charge in [0.1, 0.15) is 5.69 Å². The Hall–Kier alpha value is -2.57. The molecule has 2 N–H and O–H groups in total. The summed E-state index contributed by atoms with van der Waals surface area (Å²) in [7, 11) is 0. The summed E-state index contributed by atoms with van der Waals surface area (Å²) in [6, 6.07) is 5.14. The van der Waals surface area contributed by atoms with E-state index in [2.05, 4.69) is 15.5 Å². The van der Waals surface area contributed by atoms with Crippen LogP contribution in [0, 0.1) is 0 Å². The Labute approximate surface area is 121 Å². The van der Waals surface area contributed by atoms with E-state index in [0.717, 1.165) is 0 Å².